The van der Waals surface area contributed by atoms with E-state index in [4.69, 9.17) is 33.2 Å². The minimum absolute atomic E-state index is 0.0540. The fourth-order valence-corrected chi connectivity index (χ4v) is 9.43. The Balaban J connectivity index is 1.37. The molecule has 5 heterocycles. The second kappa shape index (κ2) is 17.1. The van der Waals surface area contributed by atoms with Crippen LogP contribution in [0.5, 0.6) is 0 Å². The van der Waals surface area contributed by atoms with Gasteiger partial charge in [-0.15, -0.1) is 0 Å². The van der Waals surface area contributed by atoms with Crippen LogP contribution in [-0.4, -0.2) is 108 Å². The first-order chi connectivity index (χ1) is 25.7. The van der Waals surface area contributed by atoms with Crippen LogP contribution in [0, 0.1) is 29.6 Å². The average molecular weight is 757 g/mol. The van der Waals surface area contributed by atoms with Gasteiger partial charge in [0, 0.05) is 50.7 Å². The highest BCUT2D eigenvalue weighted by Crippen LogP contribution is 2.47. The van der Waals surface area contributed by atoms with Crippen molar-refractivity contribution >= 4 is 5.97 Å². The molecular formula is C43H64O11. The third-order valence-electron chi connectivity index (χ3n) is 12.5. The molecule has 302 valence electrons. The molecule has 3 saturated heterocycles. The Bertz CT molecular complexity index is 1480. The zero-order valence-corrected chi connectivity index (χ0v) is 33.4. The van der Waals surface area contributed by atoms with Gasteiger partial charge in [0.15, 0.2) is 12.1 Å². The number of methoxy groups -OCH3 is 1. The molecule has 11 nitrogen and oxygen atoms in total. The van der Waals surface area contributed by atoms with Crippen molar-refractivity contribution in [1.29, 1.82) is 0 Å². The summed E-state index contributed by atoms with van der Waals surface area (Å²) in [5.41, 5.74) is 0.233. The summed E-state index contributed by atoms with van der Waals surface area (Å²) in [5, 5.41) is 33.2. The smallest absolute Gasteiger partial charge is 0.316 e. The van der Waals surface area contributed by atoms with Crippen molar-refractivity contribution in [1.82, 2.24) is 0 Å². The van der Waals surface area contributed by atoms with Crippen LogP contribution in [0.3, 0.4) is 0 Å². The fourth-order valence-electron chi connectivity index (χ4n) is 9.43. The molecule has 0 radical (unpaired) electrons. The molecular weight excluding hydrogens is 692 g/mol. The van der Waals surface area contributed by atoms with Crippen molar-refractivity contribution in [2.45, 2.75) is 154 Å². The molecule has 0 aromatic rings. The molecule has 1 spiro atoms. The number of allylic oxidation sites excluding steroid dienone is 2. The lowest BCUT2D eigenvalue weighted by Crippen LogP contribution is -2.58. The molecule has 3 fully saturated rings. The number of aliphatic hydroxyl groups is 3. The number of esters is 1. The van der Waals surface area contributed by atoms with Crippen molar-refractivity contribution in [3.8, 4) is 0 Å². The summed E-state index contributed by atoms with van der Waals surface area (Å²) in [4.78, 5) is 14.2. The number of hydrogen-bond acceptors (Lipinski definition) is 11. The van der Waals surface area contributed by atoms with Crippen LogP contribution in [0.4, 0.5) is 0 Å². The highest BCUT2D eigenvalue weighted by atomic mass is 16.7. The monoisotopic (exact) mass is 756 g/mol. The van der Waals surface area contributed by atoms with Gasteiger partial charge in [0.1, 0.15) is 29.8 Å². The molecule has 1 aliphatic carbocycles. The SMILES string of the molecule is CO[C@H]1C[C@H](O[C@@H]2/C(C)=C/C[C@@H]3C[C@@H](C[C@]4(C=C[C@H](C)[C@@H](CC(C)C)O4)O3)OC(=O)[C@@H]3C=C(C)[C@@H](O)[C@H]4OC/C(=C\C=C\[C@@H]2C)[C@]43O)O[C@@H](C)[C@@H]1CCO. The predicted molar refractivity (Wildman–Crippen MR) is 202 cm³/mol. The Morgan fingerprint density at radius 3 is 2.54 bits per heavy atom. The van der Waals surface area contributed by atoms with Crippen LogP contribution in [0.2, 0.25) is 0 Å². The number of aliphatic hydroxyl groups excluding tert-OH is 2. The van der Waals surface area contributed by atoms with Gasteiger partial charge in [-0.2, -0.15) is 0 Å². The topological polar surface area (TPSA) is 142 Å². The van der Waals surface area contributed by atoms with E-state index in [2.05, 4.69) is 46.8 Å². The van der Waals surface area contributed by atoms with Crippen molar-refractivity contribution in [3.63, 3.8) is 0 Å². The molecule has 0 amide bonds. The largest absolute Gasteiger partial charge is 0.462 e. The average Bonchev–Trinajstić information content (AvgIpc) is 3.46. The maximum Gasteiger partial charge on any atom is 0.316 e. The standard InChI is InChI=1S/C43H64O11/c1-24(2)18-35-25(3)14-16-42(54-35)22-32-20-31(53-42)13-12-27(5)39(52-37-21-36(48-8)33(15-17-44)29(7)50-37)26(4)10-9-11-30-23-49-40-38(45)28(6)19-34(41(46)51-32)43(30,40)47/h9-12,14,16,19,24-26,29,31-40,44-45,47H,13,15,17-18,20-23H2,1-8H3/b10-9+,27-12+,30-11+/t25-,26-,29-,31+,32-,33-,34-,35+,36-,37-,38+,39-,40+,42+,43+/m0/s1. The van der Waals surface area contributed by atoms with Crippen LogP contribution >= 0.6 is 0 Å². The highest BCUT2D eigenvalue weighted by Gasteiger charge is 2.60. The quantitative estimate of drug-likeness (QED) is 0.225. The lowest BCUT2D eigenvalue weighted by atomic mass is 9.71. The van der Waals surface area contributed by atoms with Crippen molar-refractivity contribution in [2.24, 2.45) is 29.6 Å². The van der Waals surface area contributed by atoms with Crippen molar-refractivity contribution in [3.05, 3.63) is 59.3 Å². The van der Waals surface area contributed by atoms with Crippen LogP contribution in [0.25, 0.3) is 0 Å². The van der Waals surface area contributed by atoms with E-state index in [9.17, 15) is 20.1 Å². The molecule has 6 aliphatic rings. The number of ether oxygens (including phenoxy) is 7. The van der Waals surface area contributed by atoms with Gasteiger partial charge in [-0.3, -0.25) is 4.79 Å². The molecule has 5 aliphatic heterocycles. The molecule has 0 aromatic carbocycles. The summed E-state index contributed by atoms with van der Waals surface area (Å²) in [5.74, 6) is -2.20. The molecule has 11 heteroatoms. The molecule has 3 N–H and O–H groups in total. The van der Waals surface area contributed by atoms with Gasteiger partial charge in [-0.1, -0.05) is 64.2 Å². The Labute approximate surface area is 321 Å². The first-order valence-electron chi connectivity index (χ1n) is 20.1. The number of carbonyl (C=O) groups excluding carboxylic acids is 1. The fraction of sp³-hybridized carbons (Fsp3) is 0.744. The maximum atomic E-state index is 14.2. The Morgan fingerprint density at radius 1 is 1.04 bits per heavy atom. The van der Waals surface area contributed by atoms with Crippen LogP contribution < -0.4 is 0 Å². The van der Waals surface area contributed by atoms with E-state index >= 15 is 0 Å². The third-order valence-corrected chi connectivity index (χ3v) is 12.5. The summed E-state index contributed by atoms with van der Waals surface area (Å²) in [6, 6.07) is 0. The Morgan fingerprint density at radius 2 is 1.81 bits per heavy atom. The summed E-state index contributed by atoms with van der Waals surface area (Å²) in [7, 11) is 1.69. The zero-order valence-electron chi connectivity index (χ0n) is 33.4. The maximum absolute atomic E-state index is 14.2. The van der Waals surface area contributed by atoms with E-state index in [0.29, 0.717) is 49.2 Å². The summed E-state index contributed by atoms with van der Waals surface area (Å²) >= 11 is 0. The lowest BCUT2D eigenvalue weighted by Gasteiger charge is -2.47. The highest BCUT2D eigenvalue weighted by molar-refractivity contribution is 5.78. The zero-order chi connectivity index (χ0) is 38.9. The molecule has 6 rings (SSSR count). The van der Waals surface area contributed by atoms with Crippen LogP contribution in [0.15, 0.2) is 59.3 Å². The van der Waals surface area contributed by atoms with Gasteiger partial charge in [0.25, 0.3) is 0 Å². The summed E-state index contributed by atoms with van der Waals surface area (Å²) < 4.78 is 45.1. The van der Waals surface area contributed by atoms with E-state index in [-0.39, 0.29) is 61.5 Å². The van der Waals surface area contributed by atoms with Crippen LogP contribution in [-0.2, 0) is 38.0 Å². The van der Waals surface area contributed by atoms with E-state index in [1.807, 2.05) is 25.2 Å². The number of rotatable bonds is 7. The Hall–Kier alpha value is -2.19. The lowest BCUT2D eigenvalue weighted by molar-refractivity contribution is -0.296. The molecule has 0 saturated carbocycles. The minimum Gasteiger partial charge on any atom is -0.462 e. The van der Waals surface area contributed by atoms with Crippen molar-refractivity contribution in [2.75, 3.05) is 20.3 Å². The third kappa shape index (κ3) is 8.55. The van der Waals surface area contributed by atoms with Gasteiger partial charge >= 0.3 is 5.97 Å². The van der Waals surface area contributed by atoms with E-state index < -0.39 is 47.9 Å². The van der Waals surface area contributed by atoms with Crippen LogP contribution in [0.1, 0.15) is 87.0 Å². The Kier molecular flexibility index (Phi) is 13.1. The minimum atomic E-state index is -1.81. The molecule has 0 aromatic heterocycles. The molecule has 54 heavy (non-hydrogen) atoms. The summed E-state index contributed by atoms with van der Waals surface area (Å²) in [6.45, 7) is 14.5. The molecule has 0 unspecified atom stereocenters. The van der Waals surface area contributed by atoms with Gasteiger partial charge in [0.05, 0.1) is 37.1 Å². The second-order valence-electron chi connectivity index (χ2n) is 17.1. The first-order valence-corrected chi connectivity index (χ1v) is 20.1. The number of carbonyl (C=O) groups is 1. The summed E-state index contributed by atoms with van der Waals surface area (Å²) in [6.07, 6.45) is 12.6. The van der Waals surface area contributed by atoms with E-state index in [0.717, 1.165) is 12.0 Å². The first kappa shape index (κ1) is 41.4. The number of fused-ring (bicyclic) bond motifs is 2. The predicted octanol–water partition coefficient (Wildman–Crippen LogP) is 5.48. The van der Waals surface area contributed by atoms with Gasteiger partial charge < -0.3 is 48.5 Å². The normalized spacial score (nSPS) is 46.9. The second-order valence-corrected chi connectivity index (χ2v) is 17.1. The molecule has 15 atom stereocenters. The van der Waals surface area contributed by atoms with E-state index in [1.165, 1.54) is 0 Å². The van der Waals surface area contributed by atoms with E-state index in [1.54, 1.807) is 26.2 Å². The van der Waals surface area contributed by atoms with Crippen molar-refractivity contribution < 1.29 is 53.3 Å². The van der Waals surface area contributed by atoms with Gasteiger partial charge in [0.2, 0.25) is 0 Å². The molecule has 2 bridgehead atoms. The van der Waals surface area contributed by atoms with Gasteiger partial charge in [-0.05, 0) is 68.7 Å². The number of hydrogen-bond donors (Lipinski definition) is 3. The van der Waals surface area contributed by atoms with Gasteiger partial charge in [-0.25, -0.2) is 0 Å².